The van der Waals surface area contributed by atoms with E-state index in [9.17, 15) is 5.11 Å². The first-order valence-corrected chi connectivity index (χ1v) is 7.68. The third kappa shape index (κ3) is 4.35. The van der Waals surface area contributed by atoms with Crippen LogP contribution in [-0.4, -0.2) is 17.8 Å². The van der Waals surface area contributed by atoms with Crippen LogP contribution in [-0.2, 0) is 0 Å². The van der Waals surface area contributed by atoms with Crippen molar-refractivity contribution in [3.63, 3.8) is 0 Å². The molecule has 1 saturated carbocycles. The number of hydrogen-bond donors (Lipinski definition) is 2. The fraction of sp³-hybridized carbons (Fsp3) is 0.600. The second-order valence-corrected chi connectivity index (χ2v) is 6.31. The number of aliphatic hydroxyl groups is 1. The molecule has 0 bridgehead atoms. The van der Waals surface area contributed by atoms with E-state index in [0.29, 0.717) is 16.0 Å². The topological polar surface area (TPSA) is 32.3 Å². The minimum absolute atomic E-state index is 0.0839. The minimum Gasteiger partial charge on any atom is -0.393 e. The summed E-state index contributed by atoms with van der Waals surface area (Å²) in [7, 11) is 0. The Labute approximate surface area is 125 Å². The first kappa shape index (κ1) is 15.1. The maximum atomic E-state index is 9.49. The first-order valence-electron chi connectivity index (χ1n) is 6.92. The summed E-state index contributed by atoms with van der Waals surface area (Å²) in [4.78, 5) is 0. The van der Waals surface area contributed by atoms with Gasteiger partial charge in [-0.3, -0.25) is 0 Å². The highest BCUT2D eigenvalue weighted by atomic mass is 35.5. The molecule has 2 rings (SSSR count). The molecule has 1 aliphatic carbocycles. The van der Waals surface area contributed by atoms with E-state index in [4.69, 9.17) is 23.2 Å². The summed E-state index contributed by atoms with van der Waals surface area (Å²) < 4.78 is 0. The van der Waals surface area contributed by atoms with Gasteiger partial charge in [0.15, 0.2) is 0 Å². The van der Waals surface area contributed by atoms with Gasteiger partial charge in [-0.05, 0) is 62.8 Å². The number of halogens is 2. The summed E-state index contributed by atoms with van der Waals surface area (Å²) >= 11 is 12.1. The van der Waals surface area contributed by atoms with Crippen molar-refractivity contribution < 1.29 is 5.11 Å². The van der Waals surface area contributed by atoms with Crippen LogP contribution in [0.25, 0.3) is 0 Å². The Morgan fingerprint density at radius 2 is 1.95 bits per heavy atom. The van der Waals surface area contributed by atoms with E-state index in [1.54, 1.807) is 6.07 Å². The van der Waals surface area contributed by atoms with Gasteiger partial charge >= 0.3 is 0 Å². The molecule has 4 heteroatoms. The van der Waals surface area contributed by atoms with E-state index in [0.717, 1.165) is 37.8 Å². The van der Waals surface area contributed by atoms with Crippen molar-refractivity contribution in [2.75, 3.05) is 6.54 Å². The van der Waals surface area contributed by atoms with Crippen molar-refractivity contribution in [2.24, 2.45) is 5.92 Å². The molecule has 1 unspecified atom stereocenters. The smallest absolute Gasteiger partial charge is 0.0540 e. The highest BCUT2D eigenvalue weighted by Crippen LogP contribution is 2.28. The maximum Gasteiger partial charge on any atom is 0.0540 e. The van der Waals surface area contributed by atoms with Crippen molar-refractivity contribution in [1.29, 1.82) is 0 Å². The standard InChI is InChI=1S/C15H21Cl2NO/c1-10(14-7-4-12(16)8-15(14)17)18-9-11-2-5-13(19)6-3-11/h4,7-8,10-11,13,18-19H,2-3,5-6,9H2,1H3. The van der Waals surface area contributed by atoms with Crippen molar-refractivity contribution in [1.82, 2.24) is 5.32 Å². The van der Waals surface area contributed by atoms with Gasteiger partial charge in [-0.1, -0.05) is 29.3 Å². The third-order valence-corrected chi connectivity index (χ3v) is 4.52. The molecule has 0 spiro atoms. The summed E-state index contributed by atoms with van der Waals surface area (Å²) in [5, 5.41) is 14.4. The maximum absolute atomic E-state index is 9.49. The van der Waals surface area contributed by atoms with Gasteiger partial charge in [0, 0.05) is 16.1 Å². The quantitative estimate of drug-likeness (QED) is 0.874. The summed E-state index contributed by atoms with van der Waals surface area (Å²) in [6, 6.07) is 5.86. The van der Waals surface area contributed by atoms with Crippen molar-refractivity contribution in [3.05, 3.63) is 33.8 Å². The summed E-state index contributed by atoms with van der Waals surface area (Å²) in [5.41, 5.74) is 1.09. The molecule has 0 heterocycles. The Bertz CT molecular complexity index is 417. The Hall–Kier alpha value is -0.280. The zero-order valence-electron chi connectivity index (χ0n) is 11.2. The van der Waals surface area contributed by atoms with Crippen LogP contribution in [0.5, 0.6) is 0 Å². The molecule has 2 nitrogen and oxygen atoms in total. The van der Waals surface area contributed by atoms with Gasteiger partial charge in [0.1, 0.15) is 0 Å². The van der Waals surface area contributed by atoms with Crippen LogP contribution >= 0.6 is 23.2 Å². The normalized spacial score (nSPS) is 25.3. The van der Waals surface area contributed by atoms with Gasteiger partial charge < -0.3 is 10.4 Å². The molecule has 19 heavy (non-hydrogen) atoms. The Balaban J connectivity index is 1.85. The molecule has 1 fully saturated rings. The van der Waals surface area contributed by atoms with Gasteiger partial charge in [-0.2, -0.15) is 0 Å². The van der Waals surface area contributed by atoms with E-state index >= 15 is 0 Å². The van der Waals surface area contributed by atoms with Crippen LogP contribution in [0.2, 0.25) is 10.0 Å². The number of nitrogens with one attached hydrogen (secondary N) is 1. The fourth-order valence-corrected chi connectivity index (χ4v) is 3.23. The number of benzene rings is 1. The molecule has 0 aromatic heterocycles. The van der Waals surface area contributed by atoms with Gasteiger partial charge in [-0.25, -0.2) is 0 Å². The first-order chi connectivity index (χ1) is 9.06. The number of aliphatic hydroxyl groups excluding tert-OH is 1. The molecular formula is C15H21Cl2NO. The molecule has 1 aromatic carbocycles. The molecule has 1 aromatic rings. The Morgan fingerprint density at radius 1 is 1.26 bits per heavy atom. The van der Waals surface area contributed by atoms with E-state index in [-0.39, 0.29) is 12.1 Å². The zero-order valence-corrected chi connectivity index (χ0v) is 12.7. The molecule has 0 radical (unpaired) electrons. The van der Waals surface area contributed by atoms with Crippen LogP contribution in [0, 0.1) is 5.92 Å². The number of hydrogen-bond acceptors (Lipinski definition) is 2. The molecule has 0 amide bonds. The highest BCUT2D eigenvalue weighted by molar-refractivity contribution is 6.35. The number of rotatable bonds is 4. The molecule has 1 aliphatic rings. The van der Waals surface area contributed by atoms with Gasteiger partial charge in [0.05, 0.1) is 6.10 Å². The lowest BCUT2D eigenvalue weighted by atomic mass is 9.87. The van der Waals surface area contributed by atoms with Crippen LogP contribution in [0.3, 0.4) is 0 Å². The third-order valence-electron chi connectivity index (χ3n) is 3.96. The van der Waals surface area contributed by atoms with E-state index in [1.807, 2.05) is 12.1 Å². The predicted octanol–water partition coefficient (Wildman–Crippen LogP) is 4.20. The monoisotopic (exact) mass is 301 g/mol. The van der Waals surface area contributed by atoms with Gasteiger partial charge in [0.25, 0.3) is 0 Å². The lowest BCUT2D eigenvalue weighted by Crippen LogP contribution is -2.29. The average Bonchev–Trinajstić information content (AvgIpc) is 2.37. The van der Waals surface area contributed by atoms with Gasteiger partial charge in [0.2, 0.25) is 0 Å². The lowest BCUT2D eigenvalue weighted by Gasteiger charge is -2.27. The van der Waals surface area contributed by atoms with Crippen LogP contribution < -0.4 is 5.32 Å². The Kier molecular flexibility index (Phi) is 5.52. The van der Waals surface area contributed by atoms with E-state index in [2.05, 4.69) is 12.2 Å². The molecule has 2 N–H and O–H groups in total. The molecule has 106 valence electrons. The summed E-state index contributed by atoms with van der Waals surface area (Å²) in [5.74, 6) is 0.664. The van der Waals surface area contributed by atoms with Crippen LogP contribution in [0.4, 0.5) is 0 Å². The SMILES string of the molecule is CC(NCC1CCC(O)CC1)c1ccc(Cl)cc1Cl. The van der Waals surface area contributed by atoms with Crippen LogP contribution in [0.15, 0.2) is 18.2 Å². The van der Waals surface area contributed by atoms with Crippen molar-refractivity contribution >= 4 is 23.2 Å². The van der Waals surface area contributed by atoms with E-state index in [1.165, 1.54) is 0 Å². The molecule has 1 atom stereocenters. The van der Waals surface area contributed by atoms with Crippen molar-refractivity contribution in [2.45, 2.75) is 44.8 Å². The summed E-state index contributed by atoms with van der Waals surface area (Å²) in [6.45, 7) is 3.10. The zero-order chi connectivity index (χ0) is 13.8. The van der Waals surface area contributed by atoms with E-state index < -0.39 is 0 Å². The Morgan fingerprint density at radius 3 is 2.58 bits per heavy atom. The second-order valence-electron chi connectivity index (χ2n) is 5.47. The largest absolute Gasteiger partial charge is 0.393 e. The highest BCUT2D eigenvalue weighted by Gasteiger charge is 2.20. The molecule has 0 aliphatic heterocycles. The lowest BCUT2D eigenvalue weighted by molar-refractivity contribution is 0.108. The molecular weight excluding hydrogens is 281 g/mol. The summed E-state index contributed by atoms with van der Waals surface area (Å²) in [6.07, 6.45) is 3.99. The fourth-order valence-electron chi connectivity index (χ4n) is 2.66. The second kappa shape index (κ2) is 6.94. The predicted molar refractivity (Wildman–Crippen MR) is 80.8 cm³/mol. The van der Waals surface area contributed by atoms with Gasteiger partial charge in [-0.15, -0.1) is 0 Å². The van der Waals surface area contributed by atoms with Crippen molar-refractivity contribution in [3.8, 4) is 0 Å². The minimum atomic E-state index is -0.0839. The average molecular weight is 302 g/mol. The molecule has 0 saturated heterocycles. The van der Waals surface area contributed by atoms with Crippen LogP contribution in [0.1, 0.15) is 44.2 Å².